The van der Waals surface area contributed by atoms with Crippen molar-refractivity contribution in [1.82, 2.24) is 0 Å². The first-order chi connectivity index (χ1) is 9.88. The van der Waals surface area contributed by atoms with Crippen LogP contribution in [0.1, 0.15) is 15.9 Å². The van der Waals surface area contributed by atoms with Gasteiger partial charge in [0, 0.05) is 5.56 Å². The van der Waals surface area contributed by atoms with Crippen LogP contribution in [0.3, 0.4) is 0 Å². The van der Waals surface area contributed by atoms with E-state index in [9.17, 15) is 19.3 Å². The highest BCUT2D eigenvalue weighted by Crippen LogP contribution is 2.30. The van der Waals surface area contributed by atoms with E-state index in [1.54, 1.807) is 6.92 Å². The number of ether oxygens (including phenoxy) is 1. The monoisotopic (exact) mass is 291 g/mol. The molecule has 2 rings (SSSR count). The molecule has 0 unspecified atom stereocenters. The number of aromatic carboxylic acids is 1. The zero-order valence-electron chi connectivity index (χ0n) is 10.9. The number of halogens is 1. The third kappa shape index (κ3) is 3.14. The van der Waals surface area contributed by atoms with Gasteiger partial charge in [-0.2, -0.15) is 0 Å². The highest BCUT2D eigenvalue weighted by Gasteiger charge is 2.16. The Labute approximate surface area is 118 Å². The Bertz CT molecular complexity index is 729. The van der Waals surface area contributed by atoms with E-state index < -0.39 is 16.7 Å². The molecule has 0 saturated heterocycles. The molecule has 7 heteroatoms. The number of nitro benzene ring substituents is 1. The normalized spacial score (nSPS) is 10.2. The van der Waals surface area contributed by atoms with Gasteiger partial charge in [0.1, 0.15) is 22.9 Å². The van der Waals surface area contributed by atoms with Crippen LogP contribution in [0.2, 0.25) is 0 Å². The second-order valence-electron chi connectivity index (χ2n) is 4.25. The minimum absolute atomic E-state index is 0.0953. The Morgan fingerprint density at radius 3 is 2.62 bits per heavy atom. The van der Waals surface area contributed by atoms with E-state index in [1.807, 2.05) is 0 Å². The topological polar surface area (TPSA) is 89.7 Å². The summed E-state index contributed by atoms with van der Waals surface area (Å²) in [7, 11) is 0. The van der Waals surface area contributed by atoms with E-state index >= 15 is 0 Å². The van der Waals surface area contributed by atoms with Gasteiger partial charge in [0.25, 0.3) is 5.69 Å². The number of benzene rings is 2. The first kappa shape index (κ1) is 14.4. The minimum Gasteiger partial charge on any atom is -0.478 e. The first-order valence-electron chi connectivity index (χ1n) is 5.84. The minimum atomic E-state index is -1.36. The van der Waals surface area contributed by atoms with Gasteiger partial charge in [-0.15, -0.1) is 0 Å². The SMILES string of the molecule is Cc1ccc(Oc2ccc(F)cc2C(=O)O)cc1[N+](=O)[O-]. The number of carboxylic acid groups (broad SMARTS) is 1. The highest BCUT2D eigenvalue weighted by molar-refractivity contribution is 5.91. The molecule has 2 aromatic carbocycles. The van der Waals surface area contributed by atoms with Crippen molar-refractivity contribution in [3.63, 3.8) is 0 Å². The Kier molecular flexibility index (Phi) is 3.84. The Morgan fingerprint density at radius 1 is 1.29 bits per heavy atom. The van der Waals surface area contributed by atoms with Crippen molar-refractivity contribution in [2.45, 2.75) is 6.92 Å². The number of carbonyl (C=O) groups is 1. The molecule has 0 bridgehead atoms. The lowest BCUT2D eigenvalue weighted by molar-refractivity contribution is -0.385. The summed E-state index contributed by atoms with van der Waals surface area (Å²) in [4.78, 5) is 21.3. The van der Waals surface area contributed by atoms with Crippen LogP contribution in [0.15, 0.2) is 36.4 Å². The number of nitro groups is 1. The molecular formula is C14H10FNO5. The molecular weight excluding hydrogens is 281 g/mol. The number of hydrogen-bond donors (Lipinski definition) is 1. The van der Waals surface area contributed by atoms with Crippen LogP contribution in [0, 0.1) is 22.9 Å². The van der Waals surface area contributed by atoms with E-state index in [0.29, 0.717) is 5.56 Å². The van der Waals surface area contributed by atoms with Crippen molar-refractivity contribution in [2.75, 3.05) is 0 Å². The van der Waals surface area contributed by atoms with Gasteiger partial charge in [-0.3, -0.25) is 10.1 Å². The maximum absolute atomic E-state index is 13.1. The second kappa shape index (κ2) is 5.58. The predicted molar refractivity (Wildman–Crippen MR) is 71.3 cm³/mol. The Hall–Kier alpha value is -2.96. The number of carboxylic acids is 1. The van der Waals surface area contributed by atoms with Gasteiger partial charge in [-0.05, 0) is 37.3 Å². The van der Waals surface area contributed by atoms with Crippen LogP contribution in [0.4, 0.5) is 10.1 Å². The van der Waals surface area contributed by atoms with Crippen molar-refractivity contribution >= 4 is 11.7 Å². The van der Waals surface area contributed by atoms with Gasteiger partial charge >= 0.3 is 5.97 Å². The predicted octanol–water partition coefficient (Wildman–Crippen LogP) is 3.53. The molecule has 0 saturated carbocycles. The molecule has 0 atom stereocenters. The zero-order valence-corrected chi connectivity index (χ0v) is 10.9. The van der Waals surface area contributed by atoms with Gasteiger partial charge in [-0.1, -0.05) is 0 Å². The fourth-order valence-corrected chi connectivity index (χ4v) is 1.73. The van der Waals surface area contributed by atoms with Crippen molar-refractivity contribution < 1.29 is 24.0 Å². The highest BCUT2D eigenvalue weighted by atomic mass is 19.1. The summed E-state index contributed by atoms with van der Waals surface area (Å²) in [6.07, 6.45) is 0. The molecule has 0 aliphatic heterocycles. The van der Waals surface area contributed by atoms with Crippen LogP contribution in [-0.2, 0) is 0 Å². The van der Waals surface area contributed by atoms with Crippen molar-refractivity contribution in [2.24, 2.45) is 0 Å². The largest absolute Gasteiger partial charge is 0.478 e. The summed E-state index contributed by atoms with van der Waals surface area (Å²) in [5.74, 6) is -2.07. The number of rotatable bonds is 4. The summed E-state index contributed by atoms with van der Waals surface area (Å²) in [6.45, 7) is 1.57. The molecule has 6 nitrogen and oxygen atoms in total. The molecule has 21 heavy (non-hydrogen) atoms. The van der Waals surface area contributed by atoms with Crippen molar-refractivity contribution in [3.05, 3.63) is 63.5 Å². The van der Waals surface area contributed by atoms with Crippen molar-refractivity contribution in [1.29, 1.82) is 0 Å². The van der Waals surface area contributed by atoms with E-state index in [0.717, 1.165) is 18.2 Å². The van der Waals surface area contributed by atoms with Gasteiger partial charge in [0.2, 0.25) is 0 Å². The molecule has 0 aliphatic rings. The lowest BCUT2D eigenvalue weighted by Crippen LogP contribution is -2.01. The lowest BCUT2D eigenvalue weighted by Gasteiger charge is -2.09. The molecule has 0 spiro atoms. The molecule has 2 aromatic rings. The molecule has 0 heterocycles. The number of aryl methyl sites for hydroxylation is 1. The summed E-state index contributed by atoms with van der Waals surface area (Å²) in [5, 5.41) is 19.9. The second-order valence-corrected chi connectivity index (χ2v) is 4.25. The molecule has 0 amide bonds. The number of nitrogens with zero attached hydrogens (tertiary/aromatic N) is 1. The van der Waals surface area contributed by atoms with E-state index in [1.165, 1.54) is 18.2 Å². The standard InChI is InChI=1S/C14H10FNO5/c1-8-2-4-10(7-12(8)16(19)20)21-13-5-3-9(15)6-11(13)14(17)18/h2-7H,1H3,(H,17,18). The van der Waals surface area contributed by atoms with Crippen molar-refractivity contribution in [3.8, 4) is 11.5 Å². The summed E-state index contributed by atoms with van der Waals surface area (Å²) in [5.41, 5.74) is -0.0605. The maximum atomic E-state index is 13.1. The average Bonchev–Trinajstić information content (AvgIpc) is 2.42. The van der Waals surface area contributed by atoms with Crippen LogP contribution in [0.5, 0.6) is 11.5 Å². The summed E-state index contributed by atoms with van der Waals surface area (Å²) < 4.78 is 18.4. The molecule has 0 aliphatic carbocycles. The van der Waals surface area contributed by atoms with Gasteiger partial charge in [-0.25, -0.2) is 9.18 Å². The van der Waals surface area contributed by atoms with Crippen LogP contribution >= 0.6 is 0 Å². The van der Waals surface area contributed by atoms with Gasteiger partial charge < -0.3 is 9.84 Å². The first-order valence-corrected chi connectivity index (χ1v) is 5.84. The number of hydrogen-bond acceptors (Lipinski definition) is 4. The smallest absolute Gasteiger partial charge is 0.339 e. The van der Waals surface area contributed by atoms with Crippen LogP contribution < -0.4 is 4.74 Å². The quantitative estimate of drug-likeness (QED) is 0.687. The summed E-state index contributed by atoms with van der Waals surface area (Å²) in [6, 6.07) is 7.16. The molecule has 0 fully saturated rings. The van der Waals surface area contributed by atoms with E-state index in [4.69, 9.17) is 9.84 Å². The molecule has 1 N–H and O–H groups in total. The fourth-order valence-electron chi connectivity index (χ4n) is 1.73. The van der Waals surface area contributed by atoms with E-state index in [2.05, 4.69) is 0 Å². The summed E-state index contributed by atoms with van der Waals surface area (Å²) >= 11 is 0. The van der Waals surface area contributed by atoms with E-state index in [-0.39, 0.29) is 22.7 Å². The van der Waals surface area contributed by atoms with Gasteiger partial charge in [0.05, 0.1) is 11.0 Å². The molecule has 108 valence electrons. The third-order valence-corrected chi connectivity index (χ3v) is 2.78. The Morgan fingerprint density at radius 2 is 2.00 bits per heavy atom. The molecule has 0 aromatic heterocycles. The third-order valence-electron chi connectivity index (χ3n) is 2.78. The molecule has 0 radical (unpaired) electrons. The van der Waals surface area contributed by atoms with Crippen LogP contribution in [0.25, 0.3) is 0 Å². The lowest BCUT2D eigenvalue weighted by atomic mass is 10.2. The zero-order chi connectivity index (χ0) is 15.6. The Balaban J connectivity index is 2.41. The fraction of sp³-hybridized carbons (Fsp3) is 0.0714. The van der Waals surface area contributed by atoms with Crippen LogP contribution in [-0.4, -0.2) is 16.0 Å². The van der Waals surface area contributed by atoms with Gasteiger partial charge in [0.15, 0.2) is 0 Å². The average molecular weight is 291 g/mol. The maximum Gasteiger partial charge on any atom is 0.339 e.